The molecule has 0 aromatic heterocycles. The Morgan fingerprint density at radius 3 is 0.659 bits per heavy atom. The summed E-state index contributed by atoms with van der Waals surface area (Å²) in [7, 11) is 0. The third-order valence-electron chi connectivity index (χ3n) is 12.4. The molecule has 44 heavy (non-hydrogen) atoms. The first-order valence-electron chi connectivity index (χ1n) is 16.2. The zero-order valence-electron chi connectivity index (χ0n) is 27.4. The topological polar surface area (TPSA) is 0 Å². The lowest BCUT2D eigenvalue weighted by Gasteiger charge is -2.49. The van der Waals surface area contributed by atoms with Crippen molar-refractivity contribution in [2.45, 2.75) is 82.5 Å². The van der Waals surface area contributed by atoms with Gasteiger partial charge in [-0.3, -0.25) is 0 Å². The van der Waals surface area contributed by atoms with E-state index in [9.17, 15) is 0 Å². The molecule has 0 unspecified atom stereocenters. The normalized spacial score (nSPS) is 26.7. The van der Waals surface area contributed by atoms with E-state index in [1.165, 1.54) is 66.8 Å². The Kier molecular flexibility index (Phi) is 7.08. The molecular formula is C44H48. The lowest BCUT2D eigenvalue weighted by Crippen LogP contribution is -2.51. The fraction of sp³-hybridized carbons (Fsp3) is 0.318. The van der Waals surface area contributed by atoms with Gasteiger partial charge < -0.3 is 0 Å². The standard InChI is InChI=1S/C44H48/c1-11-17-29-23-35-36(24-30(29)18-12-2)42(8)39-27-33(21-15-5)34(22-16-6)28-40(39)43(9)38-26-32(20-14-4)31(19-13-3)25-37(38)41(35,7)44(42,43)10/h11-16,23-28H,1-6,17-22H2,7-10H3. The van der Waals surface area contributed by atoms with Gasteiger partial charge in [0.2, 0.25) is 0 Å². The Hall–Kier alpha value is -3.90. The van der Waals surface area contributed by atoms with Gasteiger partial charge in [-0.05, 0) is 105 Å². The second kappa shape index (κ2) is 10.3. The minimum Gasteiger partial charge on any atom is -0.103 e. The van der Waals surface area contributed by atoms with Crippen molar-refractivity contribution in [1.82, 2.24) is 0 Å². The molecule has 0 heteroatoms. The van der Waals surface area contributed by atoms with Gasteiger partial charge in [-0.1, -0.05) is 101 Å². The van der Waals surface area contributed by atoms with Crippen LogP contribution in [0.15, 0.2) is 112 Å². The van der Waals surface area contributed by atoms with Crippen LogP contribution in [0.4, 0.5) is 0 Å². The Morgan fingerprint density at radius 2 is 0.523 bits per heavy atom. The summed E-state index contributed by atoms with van der Waals surface area (Å²) in [4.78, 5) is 0. The predicted molar refractivity (Wildman–Crippen MR) is 190 cm³/mol. The molecule has 0 saturated carbocycles. The van der Waals surface area contributed by atoms with Crippen LogP contribution in [0.25, 0.3) is 0 Å². The van der Waals surface area contributed by atoms with Crippen molar-refractivity contribution in [2.75, 3.05) is 0 Å². The Balaban J connectivity index is 1.83. The minimum atomic E-state index is -0.206. The SMILES string of the molecule is C=CCc1cc2c(cc1CC=C)C1(C)c3cc(CC=C)c(CC=C)cc3C3(C)c4cc(CC=C)c(CC=C)cc4C2(C)C13C. The minimum absolute atomic E-state index is 0.144. The number of benzene rings is 3. The van der Waals surface area contributed by atoms with Gasteiger partial charge in [0.25, 0.3) is 0 Å². The summed E-state index contributed by atoms with van der Waals surface area (Å²) in [6, 6.07) is 15.3. The Bertz CT molecular complexity index is 1450. The van der Waals surface area contributed by atoms with E-state index in [0.29, 0.717) is 0 Å². The van der Waals surface area contributed by atoms with Crippen molar-refractivity contribution < 1.29 is 0 Å². The van der Waals surface area contributed by atoms with E-state index >= 15 is 0 Å². The Morgan fingerprint density at radius 1 is 0.364 bits per heavy atom. The maximum absolute atomic E-state index is 4.13. The van der Waals surface area contributed by atoms with Gasteiger partial charge in [-0.25, -0.2) is 0 Å². The van der Waals surface area contributed by atoms with Crippen LogP contribution < -0.4 is 0 Å². The average molecular weight is 577 g/mol. The molecule has 0 heterocycles. The molecule has 0 atom stereocenters. The molecule has 0 aliphatic heterocycles. The molecule has 3 aromatic rings. The maximum atomic E-state index is 4.13. The van der Waals surface area contributed by atoms with E-state index in [2.05, 4.69) is 104 Å². The number of allylic oxidation sites excluding steroid dienone is 6. The molecule has 0 fully saturated rings. The molecule has 0 nitrogen and oxygen atoms in total. The highest BCUT2D eigenvalue weighted by Gasteiger charge is 2.79. The first-order chi connectivity index (χ1) is 21.1. The zero-order chi connectivity index (χ0) is 31.7. The molecule has 6 rings (SSSR count). The van der Waals surface area contributed by atoms with Gasteiger partial charge in [0.1, 0.15) is 0 Å². The van der Waals surface area contributed by atoms with Crippen LogP contribution in [0, 0.1) is 5.41 Å². The molecule has 0 saturated heterocycles. The molecule has 0 radical (unpaired) electrons. The number of hydrogen-bond acceptors (Lipinski definition) is 0. The summed E-state index contributed by atoms with van der Waals surface area (Å²) in [5.41, 5.74) is 16.3. The van der Waals surface area contributed by atoms with Crippen LogP contribution in [0.1, 0.15) is 94.5 Å². The van der Waals surface area contributed by atoms with Crippen molar-refractivity contribution in [1.29, 1.82) is 0 Å². The van der Waals surface area contributed by atoms with Gasteiger partial charge in [-0.15, -0.1) is 39.5 Å². The molecule has 3 aliphatic rings. The predicted octanol–water partition coefficient (Wildman–Crippen LogP) is 10.3. The van der Waals surface area contributed by atoms with Gasteiger partial charge in [-0.2, -0.15) is 0 Å². The van der Waals surface area contributed by atoms with Crippen LogP contribution in [0.2, 0.25) is 0 Å². The summed E-state index contributed by atoms with van der Waals surface area (Å²) < 4.78 is 0. The van der Waals surface area contributed by atoms with Gasteiger partial charge in [0.15, 0.2) is 0 Å². The molecule has 0 bridgehead atoms. The van der Waals surface area contributed by atoms with Gasteiger partial charge in [0, 0.05) is 21.7 Å². The van der Waals surface area contributed by atoms with E-state index in [0.717, 1.165) is 38.5 Å². The lowest BCUT2D eigenvalue weighted by molar-refractivity contribution is 0.0996. The van der Waals surface area contributed by atoms with Crippen molar-refractivity contribution >= 4 is 0 Å². The first-order valence-corrected chi connectivity index (χ1v) is 16.2. The fourth-order valence-corrected chi connectivity index (χ4v) is 10.2. The smallest absolute Gasteiger partial charge is 0.0257 e. The van der Waals surface area contributed by atoms with E-state index in [-0.39, 0.29) is 21.7 Å². The first kappa shape index (κ1) is 30.1. The van der Waals surface area contributed by atoms with E-state index in [1.807, 2.05) is 36.5 Å². The van der Waals surface area contributed by atoms with Crippen molar-refractivity contribution in [3.8, 4) is 0 Å². The molecule has 224 valence electrons. The highest BCUT2D eigenvalue weighted by atomic mass is 14.8. The number of rotatable bonds is 12. The Labute approximate surface area is 266 Å². The van der Waals surface area contributed by atoms with Crippen LogP contribution >= 0.6 is 0 Å². The van der Waals surface area contributed by atoms with Crippen molar-refractivity contribution in [2.24, 2.45) is 5.41 Å². The van der Waals surface area contributed by atoms with E-state index in [4.69, 9.17) is 0 Å². The second-order valence-corrected chi connectivity index (χ2v) is 14.0. The zero-order valence-corrected chi connectivity index (χ0v) is 27.4. The third kappa shape index (κ3) is 3.35. The summed E-state index contributed by atoms with van der Waals surface area (Å²) in [5, 5.41) is 0. The average Bonchev–Trinajstić information content (AvgIpc) is 3.34. The number of hydrogen-bond donors (Lipinski definition) is 0. The van der Waals surface area contributed by atoms with E-state index in [1.54, 1.807) is 0 Å². The molecule has 0 amide bonds. The largest absolute Gasteiger partial charge is 0.103 e. The van der Waals surface area contributed by atoms with Crippen LogP contribution in [0.3, 0.4) is 0 Å². The molecule has 0 spiro atoms. The molecule has 3 aromatic carbocycles. The summed E-state index contributed by atoms with van der Waals surface area (Å²) in [6.07, 6.45) is 17.4. The quantitative estimate of drug-likeness (QED) is 0.188. The van der Waals surface area contributed by atoms with Crippen molar-refractivity contribution in [3.63, 3.8) is 0 Å². The fourth-order valence-electron chi connectivity index (χ4n) is 10.2. The number of fused-ring (bicyclic) bond motifs is 9. The highest BCUT2D eigenvalue weighted by molar-refractivity contribution is 5.78. The van der Waals surface area contributed by atoms with Gasteiger partial charge >= 0.3 is 0 Å². The van der Waals surface area contributed by atoms with Crippen molar-refractivity contribution in [3.05, 3.63) is 179 Å². The second-order valence-electron chi connectivity index (χ2n) is 14.0. The lowest BCUT2D eigenvalue weighted by atomic mass is 9.52. The summed E-state index contributed by atoms with van der Waals surface area (Å²) in [5.74, 6) is 0. The molecular weight excluding hydrogens is 528 g/mol. The third-order valence-corrected chi connectivity index (χ3v) is 12.4. The maximum Gasteiger partial charge on any atom is 0.0257 e. The van der Waals surface area contributed by atoms with Crippen LogP contribution in [-0.2, 0) is 54.8 Å². The van der Waals surface area contributed by atoms with Crippen LogP contribution in [-0.4, -0.2) is 0 Å². The van der Waals surface area contributed by atoms with E-state index < -0.39 is 0 Å². The van der Waals surface area contributed by atoms with Gasteiger partial charge in [0.05, 0.1) is 0 Å². The summed E-state index contributed by atoms with van der Waals surface area (Å²) in [6.45, 7) is 35.0. The van der Waals surface area contributed by atoms with Crippen LogP contribution in [0.5, 0.6) is 0 Å². The summed E-state index contributed by atoms with van der Waals surface area (Å²) >= 11 is 0. The molecule has 0 N–H and O–H groups in total. The highest BCUT2D eigenvalue weighted by Crippen LogP contribution is 2.82. The molecule has 3 aliphatic carbocycles. The monoisotopic (exact) mass is 576 g/mol.